The molecule has 2 aromatic carbocycles. The van der Waals surface area contributed by atoms with E-state index in [1.165, 1.54) is 0 Å². The summed E-state index contributed by atoms with van der Waals surface area (Å²) in [5, 5.41) is 19.4. The van der Waals surface area contributed by atoms with Gasteiger partial charge in [-0.3, -0.25) is 0 Å². The van der Waals surface area contributed by atoms with Crippen LogP contribution in [0.5, 0.6) is 0 Å². The fourth-order valence-corrected chi connectivity index (χ4v) is 4.81. The lowest BCUT2D eigenvalue weighted by Crippen LogP contribution is -2.37. The number of aliphatic hydroxyl groups excluding tert-OH is 1. The third-order valence-corrected chi connectivity index (χ3v) is 6.31. The zero-order valence-corrected chi connectivity index (χ0v) is 22.3. The second-order valence-electron chi connectivity index (χ2n) is 10.2. The van der Waals surface area contributed by atoms with Crippen molar-refractivity contribution in [1.82, 2.24) is 0 Å². The molecule has 4 atom stereocenters. The van der Waals surface area contributed by atoms with Gasteiger partial charge in [0.15, 0.2) is 5.79 Å². The monoisotopic (exact) mass is 510 g/mol. The number of ether oxygens (including phenoxy) is 3. The number of carbonyl (C=O) groups is 2. The molecule has 1 saturated heterocycles. The van der Waals surface area contributed by atoms with Gasteiger partial charge in [-0.1, -0.05) is 42.0 Å². The average molecular weight is 511 g/mol. The number of hydrogen-bond acceptors (Lipinski definition) is 6. The number of aliphatic hydroxyl groups is 1. The Hall–Kier alpha value is -3.00. The Morgan fingerprint density at radius 3 is 2.49 bits per heavy atom. The van der Waals surface area contributed by atoms with Gasteiger partial charge in [-0.2, -0.15) is 0 Å². The van der Waals surface area contributed by atoms with Crippen LogP contribution in [-0.2, 0) is 20.6 Å². The van der Waals surface area contributed by atoms with E-state index in [2.05, 4.69) is 0 Å². The van der Waals surface area contributed by atoms with E-state index in [0.29, 0.717) is 36.8 Å². The molecule has 2 N–H and O–H groups in total. The third-order valence-electron chi connectivity index (χ3n) is 6.31. The molecule has 1 aliphatic heterocycles. The van der Waals surface area contributed by atoms with Crippen LogP contribution in [0.1, 0.15) is 77.4 Å². The highest BCUT2D eigenvalue weighted by Gasteiger charge is 2.45. The minimum absolute atomic E-state index is 0.349. The molecule has 0 radical (unpaired) electrons. The van der Waals surface area contributed by atoms with E-state index < -0.39 is 36.0 Å². The van der Waals surface area contributed by atoms with E-state index in [0.717, 1.165) is 16.7 Å². The molecule has 1 heterocycles. The first kappa shape index (κ1) is 28.6. The third kappa shape index (κ3) is 7.99. The lowest BCUT2D eigenvalue weighted by atomic mass is 9.93. The summed E-state index contributed by atoms with van der Waals surface area (Å²) in [5.41, 5.74) is 3.35. The van der Waals surface area contributed by atoms with E-state index >= 15 is 0 Å². The first-order chi connectivity index (χ1) is 17.5. The summed E-state index contributed by atoms with van der Waals surface area (Å²) in [6.07, 6.45) is 3.57. The summed E-state index contributed by atoms with van der Waals surface area (Å²) in [5.74, 6) is -2.28. The van der Waals surface area contributed by atoms with Crippen LogP contribution < -0.4 is 0 Å². The van der Waals surface area contributed by atoms with Gasteiger partial charge in [0, 0.05) is 0 Å². The highest BCUT2D eigenvalue weighted by molar-refractivity contribution is 5.91. The molecule has 0 aliphatic carbocycles. The van der Waals surface area contributed by atoms with Crippen LogP contribution in [0, 0.1) is 13.8 Å². The lowest BCUT2D eigenvalue weighted by Gasteiger charge is -2.25. The van der Waals surface area contributed by atoms with Gasteiger partial charge in [-0.15, -0.1) is 0 Å². The molecule has 7 nitrogen and oxygen atoms in total. The molecule has 0 aromatic heterocycles. The van der Waals surface area contributed by atoms with Gasteiger partial charge < -0.3 is 24.4 Å². The number of aromatic carboxylic acids is 1. The quantitative estimate of drug-likeness (QED) is 0.308. The van der Waals surface area contributed by atoms with Crippen LogP contribution in [0.15, 0.2) is 54.6 Å². The molecule has 7 heteroatoms. The van der Waals surface area contributed by atoms with Crippen LogP contribution in [0.2, 0.25) is 0 Å². The molecule has 0 amide bonds. The van der Waals surface area contributed by atoms with Crippen LogP contribution in [0.3, 0.4) is 0 Å². The van der Waals surface area contributed by atoms with Gasteiger partial charge in [0.05, 0.1) is 23.3 Å². The lowest BCUT2D eigenvalue weighted by molar-refractivity contribution is -0.153. The fraction of sp³-hybridized carbons (Fsp3) is 0.467. The van der Waals surface area contributed by atoms with Crippen molar-refractivity contribution in [1.29, 1.82) is 0 Å². The maximum Gasteiger partial charge on any atom is 0.338 e. The number of carboxylic acid groups (broad SMARTS) is 1. The van der Waals surface area contributed by atoms with Gasteiger partial charge in [-0.05, 0) is 89.6 Å². The number of carbonyl (C=O) groups excluding carboxylic acids is 1. The fourth-order valence-electron chi connectivity index (χ4n) is 4.81. The number of carboxylic acids is 1. The summed E-state index contributed by atoms with van der Waals surface area (Å²) in [6, 6.07) is 12.6. The minimum Gasteiger partial charge on any atom is -0.478 e. The van der Waals surface area contributed by atoms with Crippen molar-refractivity contribution in [3.05, 3.63) is 82.4 Å². The van der Waals surface area contributed by atoms with Crippen molar-refractivity contribution in [3.63, 3.8) is 0 Å². The topological polar surface area (TPSA) is 102 Å². The number of rotatable bonds is 11. The van der Waals surface area contributed by atoms with E-state index in [1.54, 1.807) is 43.3 Å². The standard InChI is InChI=1S/C30H38O7/c1-19-17-20(2)26(28(32)33)23(18-19)14-10-16-25-27(37-30(4,5)36-25)24(15-9-11-21(3)31)35-29(34)22-12-7-6-8-13-22/h6-9,12-13,15,17-18,21,24-25,27,31H,10-11,14,16H2,1-5H3,(H,32,33)/b15-9-/t21-,24?,25-,27?/m0/s1. The zero-order chi connectivity index (χ0) is 27.2. The summed E-state index contributed by atoms with van der Waals surface area (Å²) in [4.78, 5) is 24.7. The van der Waals surface area contributed by atoms with Crippen LogP contribution in [0.4, 0.5) is 0 Å². The molecule has 1 fully saturated rings. The highest BCUT2D eigenvalue weighted by Crippen LogP contribution is 2.34. The Labute approximate surface area is 219 Å². The van der Waals surface area contributed by atoms with Crippen molar-refractivity contribution < 1.29 is 34.0 Å². The molecule has 200 valence electrons. The maximum atomic E-state index is 12.9. The number of benzene rings is 2. The van der Waals surface area contributed by atoms with Gasteiger partial charge in [-0.25, -0.2) is 9.59 Å². The molecule has 37 heavy (non-hydrogen) atoms. The summed E-state index contributed by atoms with van der Waals surface area (Å²) >= 11 is 0. The first-order valence-electron chi connectivity index (χ1n) is 12.8. The van der Waals surface area contributed by atoms with Gasteiger partial charge >= 0.3 is 11.9 Å². The smallest absolute Gasteiger partial charge is 0.338 e. The van der Waals surface area contributed by atoms with E-state index in [4.69, 9.17) is 14.2 Å². The minimum atomic E-state index is -0.928. The second-order valence-corrected chi connectivity index (χ2v) is 10.2. The molecular weight excluding hydrogens is 472 g/mol. The molecule has 3 rings (SSSR count). The van der Waals surface area contributed by atoms with Crippen LogP contribution in [-0.4, -0.2) is 52.4 Å². The predicted octanol–water partition coefficient (Wildman–Crippen LogP) is 5.40. The normalized spacial score (nSPS) is 20.6. The molecule has 0 spiro atoms. The Kier molecular flexibility index (Phi) is 9.65. The molecule has 0 saturated carbocycles. The first-order valence-corrected chi connectivity index (χ1v) is 12.8. The van der Waals surface area contributed by atoms with E-state index in [1.807, 2.05) is 45.9 Å². The van der Waals surface area contributed by atoms with Crippen molar-refractivity contribution in [2.75, 3.05) is 0 Å². The highest BCUT2D eigenvalue weighted by atomic mass is 16.8. The van der Waals surface area contributed by atoms with Gasteiger partial charge in [0.2, 0.25) is 0 Å². The summed E-state index contributed by atoms with van der Waals surface area (Å²) in [6.45, 7) is 9.11. The van der Waals surface area contributed by atoms with E-state index in [-0.39, 0.29) is 6.10 Å². The van der Waals surface area contributed by atoms with Crippen molar-refractivity contribution in [2.45, 2.75) is 90.5 Å². The maximum absolute atomic E-state index is 12.9. The van der Waals surface area contributed by atoms with Crippen molar-refractivity contribution in [3.8, 4) is 0 Å². The summed E-state index contributed by atoms with van der Waals surface area (Å²) < 4.78 is 18.3. The average Bonchev–Trinajstić information content (AvgIpc) is 3.12. The molecule has 0 bridgehead atoms. The predicted molar refractivity (Wildman–Crippen MR) is 141 cm³/mol. The Balaban J connectivity index is 1.78. The van der Waals surface area contributed by atoms with Gasteiger partial charge in [0.25, 0.3) is 0 Å². The van der Waals surface area contributed by atoms with Gasteiger partial charge in [0.1, 0.15) is 12.2 Å². The van der Waals surface area contributed by atoms with Crippen LogP contribution in [0.25, 0.3) is 0 Å². The second kappa shape index (κ2) is 12.5. The Morgan fingerprint density at radius 1 is 1.14 bits per heavy atom. The Bertz CT molecular complexity index is 1100. The van der Waals surface area contributed by atoms with E-state index in [9.17, 15) is 19.8 Å². The van der Waals surface area contributed by atoms with Crippen molar-refractivity contribution >= 4 is 11.9 Å². The molecule has 1 aliphatic rings. The number of aryl methyl sites for hydroxylation is 3. The van der Waals surface area contributed by atoms with Crippen molar-refractivity contribution in [2.24, 2.45) is 0 Å². The molecular formula is C30H38O7. The summed E-state index contributed by atoms with van der Waals surface area (Å²) in [7, 11) is 0. The number of hydrogen-bond donors (Lipinski definition) is 2. The number of esters is 1. The largest absolute Gasteiger partial charge is 0.478 e. The Morgan fingerprint density at radius 2 is 1.84 bits per heavy atom. The molecule has 2 unspecified atom stereocenters. The van der Waals surface area contributed by atoms with Crippen LogP contribution >= 0.6 is 0 Å². The molecule has 2 aromatic rings. The zero-order valence-electron chi connectivity index (χ0n) is 22.3. The SMILES string of the molecule is Cc1cc(C)c(C(=O)O)c(CCC[C@@H]2OC(C)(C)OC2C(/C=C\C[C@H](C)O)OC(=O)c2ccccc2)c1.